The van der Waals surface area contributed by atoms with Crippen molar-refractivity contribution < 1.29 is 14.3 Å². The Bertz CT molecular complexity index is 1400. The average molecular weight is 547 g/mol. The molecule has 0 radical (unpaired) electrons. The number of allylic oxidation sites excluding steroid dienone is 1. The van der Waals surface area contributed by atoms with E-state index in [1.807, 2.05) is 42.5 Å². The minimum absolute atomic E-state index is 0.296. The highest BCUT2D eigenvalue weighted by molar-refractivity contribution is 9.10. The number of ether oxygens (including phenoxy) is 2. The molecule has 4 aromatic rings. The quantitative estimate of drug-likeness (QED) is 0.264. The molecule has 0 spiro atoms. The van der Waals surface area contributed by atoms with Crippen LogP contribution in [-0.4, -0.2) is 23.2 Å². The Morgan fingerprint density at radius 1 is 1.11 bits per heavy atom. The number of anilines is 1. The van der Waals surface area contributed by atoms with Gasteiger partial charge in [0.25, 0.3) is 5.91 Å². The van der Waals surface area contributed by atoms with E-state index in [1.54, 1.807) is 43.5 Å². The van der Waals surface area contributed by atoms with Gasteiger partial charge >= 0.3 is 0 Å². The lowest BCUT2D eigenvalue weighted by Crippen LogP contribution is -2.11. The molecule has 1 N–H and O–H groups in total. The van der Waals surface area contributed by atoms with Crippen molar-refractivity contribution in [2.75, 3.05) is 12.4 Å². The fourth-order valence-corrected chi connectivity index (χ4v) is 4.42. The molecular formula is C26H19BrN4O3S. The zero-order chi connectivity index (χ0) is 24.6. The minimum Gasteiger partial charge on any atom is -0.493 e. The molecule has 3 aromatic carbocycles. The summed E-state index contributed by atoms with van der Waals surface area (Å²) in [5, 5.41) is 21.2. The van der Waals surface area contributed by atoms with Crippen molar-refractivity contribution in [1.82, 2.24) is 10.2 Å². The first-order valence-electron chi connectivity index (χ1n) is 10.4. The van der Waals surface area contributed by atoms with Gasteiger partial charge in [-0.05, 0) is 57.4 Å². The molecule has 1 aromatic heterocycles. The first kappa shape index (κ1) is 24.1. The molecule has 4 rings (SSSR count). The maximum atomic E-state index is 12.4. The van der Waals surface area contributed by atoms with Crippen LogP contribution in [-0.2, 0) is 6.61 Å². The van der Waals surface area contributed by atoms with Gasteiger partial charge in [-0.1, -0.05) is 59.9 Å². The van der Waals surface area contributed by atoms with Crippen molar-refractivity contribution in [2.45, 2.75) is 6.61 Å². The Labute approximate surface area is 214 Å². The lowest BCUT2D eigenvalue weighted by atomic mass is 10.1. The van der Waals surface area contributed by atoms with Crippen molar-refractivity contribution in [3.63, 3.8) is 0 Å². The fraction of sp³-hybridized carbons (Fsp3) is 0.0769. The number of aromatic nitrogens is 2. The third kappa shape index (κ3) is 6.12. The zero-order valence-electron chi connectivity index (χ0n) is 18.6. The molecule has 0 saturated heterocycles. The molecule has 0 unspecified atom stereocenters. The van der Waals surface area contributed by atoms with E-state index in [0.717, 1.165) is 16.9 Å². The highest BCUT2D eigenvalue weighted by Crippen LogP contribution is 2.38. The number of carbonyl (C=O) groups excluding carboxylic acids is 1. The first-order valence-corrected chi connectivity index (χ1v) is 12.0. The summed E-state index contributed by atoms with van der Waals surface area (Å²) in [4.78, 5) is 12.4. The third-order valence-electron chi connectivity index (χ3n) is 4.82. The molecule has 1 heterocycles. The lowest BCUT2D eigenvalue weighted by molar-refractivity contribution is 0.102. The number of methoxy groups -OCH3 is 1. The minimum atomic E-state index is -0.296. The van der Waals surface area contributed by atoms with Crippen LogP contribution >= 0.6 is 27.3 Å². The third-order valence-corrected chi connectivity index (χ3v) is 6.28. The van der Waals surface area contributed by atoms with E-state index in [4.69, 9.17) is 9.47 Å². The summed E-state index contributed by atoms with van der Waals surface area (Å²) in [6.45, 7) is 0.386. The number of nitrogens with zero attached hydrogens (tertiary/aromatic N) is 3. The molecule has 0 aliphatic rings. The highest BCUT2D eigenvalue weighted by atomic mass is 79.9. The Hall–Kier alpha value is -4.00. The lowest BCUT2D eigenvalue weighted by Gasteiger charge is -2.13. The van der Waals surface area contributed by atoms with Gasteiger partial charge in [-0.2, -0.15) is 5.26 Å². The van der Waals surface area contributed by atoms with Gasteiger partial charge in [0.05, 0.1) is 17.2 Å². The maximum Gasteiger partial charge on any atom is 0.257 e. The van der Waals surface area contributed by atoms with E-state index in [2.05, 4.69) is 37.5 Å². The van der Waals surface area contributed by atoms with Gasteiger partial charge < -0.3 is 9.47 Å². The number of halogens is 1. The van der Waals surface area contributed by atoms with Gasteiger partial charge in [-0.25, -0.2) is 0 Å². The van der Waals surface area contributed by atoms with Gasteiger partial charge in [0.1, 0.15) is 12.7 Å². The number of amides is 1. The smallest absolute Gasteiger partial charge is 0.257 e. The Balaban J connectivity index is 1.53. The SMILES string of the molecule is COc1cc(/C=C(\C#N)c2nnc(NC(=O)c3ccccc3)s2)cc(Br)c1OCc1ccccc1. The van der Waals surface area contributed by atoms with Crippen LogP contribution in [0.2, 0.25) is 0 Å². The summed E-state index contributed by atoms with van der Waals surface area (Å²) in [5.41, 5.74) is 2.55. The standard InChI is InChI=1S/C26H19BrN4O3S/c1-33-22-14-18(13-21(27)23(22)34-16-17-8-4-2-5-9-17)12-20(15-28)25-30-31-26(35-25)29-24(32)19-10-6-3-7-11-19/h2-14H,16H2,1H3,(H,29,31,32)/b20-12+. The first-order chi connectivity index (χ1) is 17.1. The van der Waals surface area contributed by atoms with Crippen LogP contribution in [0, 0.1) is 11.3 Å². The average Bonchev–Trinajstić information content (AvgIpc) is 3.35. The van der Waals surface area contributed by atoms with Gasteiger partial charge in [0, 0.05) is 5.56 Å². The van der Waals surface area contributed by atoms with E-state index in [-0.39, 0.29) is 5.91 Å². The highest BCUT2D eigenvalue weighted by Gasteiger charge is 2.15. The van der Waals surface area contributed by atoms with Gasteiger partial charge in [-0.3, -0.25) is 10.1 Å². The molecule has 9 heteroatoms. The molecule has 0 aliphatic heterocycles. The second kappa shape index (κ2) is 11.4. The molecule has 7 nitrogen and oxygen atoms in total. The topological polar surface area (TPSA) is 97.1 Å². The summed E-state index contributed by atoms with van der Waals surface area (Å²) in [6.07, 6.45) is 1.68. The van der Waals surface area contributed by atoms with Gasteiger partial charge in [0.2, 0.25) is 5.13 Å². The Kier molecular flexibility index (Phi) is 7.88. The molecule has 0 saturated carbocycles. The van der Waals surface area contributed by atoms with E-state index in [0.29, 0.717) is 49.4 Å². The van der Waals surface area contributed by atoms with Gasteiger partial charge in [0.15, 0.2) is 16.5 Å². The number of hydrogen-bond donors (Lipinski definition) is 1. The molecule has 35 heavy (non-hydrogen) atoms. The number of hydrogen-bond acceptors (Lipinski definition) is 7. The Morgan fingerprint density at radius 3 is 2.51 bits per heavy atom. The molecule has 0 aliphatic carbocycles. The summed E-state index contributed by atoms with van der Waals surface area (Å²) >= 11 is 4.66. The second-order valence-corrected chi connectivity index (χ2v) is 9.04. The summed E-state index contributed by atoms with van der Waals surface area (Å²) in [7, 11) is 1.56. The number of carbonyl (C=O) groups is 1. The monoisotopic (exact) mass is 546 g/mol. The van der Waals surface area contributed by atoms with Crippen LogP contribution in [0.4, 0.5) is 5.13 Å². The van der Waals surface area contributed by atoms with Crippen LogP contribution in [0.1, 0.15) is 26.5 Å². The molecule has 0 bridgehead atoms. The zero-order valence-corrected chi connectivity index (χ0v) is 21.0. The largest absolute Gasteiger partial charge is 0.493 e. The Morgan fingerprint density at radius 2 is 1.83 bits per heavy atom. The summed E-state index contributed by atoms with van der Waals surface area (Å²) < 4.78 is 12.2. The predicted octanol–water partition coefficient (Wildman–Crippen LogP) is 6.20. The van der Waals surface area contributed by atoms with E-state index >= 15 is 0 Å². The summed E-state index contributed by atoms with van der Waals surface area (Å²) in [5.74, 6) is 0.788. The van der Waals surface area contributed by atoms with Crippen LogP contribution < -0.4 is 14.8 Å². The number of nitriles is 1. The number of rotatable bonds is 8. The molecular weight excluding hydrogens is 528 g/mol. The second-order valence-electron chi connectivity index (χ2n) is 7.21. The van der Waals surface area contributed by atoms with Crippen molar-refractivity contribution in [2.24, 2.45) is 0 Å². The predicted molar refractivity (Wildman–Crippen MR) is 139 cm³/mol. The molecule has 1 amide bonds. The van der Waals surface area contributed by atoms with Crippen LogP contribution in [0.5, 0.6) is 11.5 Å². The maximum absolute atomic E-state index is 12.4. The fourth-order valence-electron chi connectivity index (χ4n) is 3.14. The van der Waals surface area contributed by atoms with Crippen LogP contribution in [0.3, 0.4) is 0 Å². The molecule has 0 fully saturated rings. The molecule has 0 atom stereocenters. The summed E-state index contributed by atoms with van der Waals surface area (Å²) in [6, 6.07) is 24.4. The van der Waals surface area contributed by atoms with Crippen LogP contribution in [0.15, 0.2) is 77.3 Å². The van der Waals surface area contributed by atoms with Crippen LogP contribution in [0.25, 0.3) is 11.6 Å². The number of benzene rings is 3. The number of nitrogens with one attached hydrogen (secondary N) is 1. The van der Waals surface area contributed by atoms with E-state index < -0.39 is 0 Å². The van der Waals surface area contributed by atoms with Crippen molar-refractivity contribution in [3.8, 4) is 17.6 Å². The van der Waals surface area contributed by atoms with E-state index in [1.165, 1.54) is 0 Å². The van der Waals surface area contributed by atoms with Crippen molar-refractivity contribution in [3.05, 3.63) is 99.0 Å². The van der Waals surface area contributed by atoms with Crippen molar-refractivity contribution in [1.29, 1.82) is 5.26 Å². The van der Waals surface area contributed by atoms with Gasteiger partial charge in [-0.15, -0.1) is 10.2 Å². The molecule has 174 valence electrons. The van der Waals surface area contributed by atoms with Crippen molar-refractivity contribution >= 4 is 50.0 Å². The normalized spacial score (nSPS) is 10.9. The van der Waals surface area contributed by atoms with E-state index in [9.17, 15) is 10.1 Å².